The molecule has 0 aliphatic heterocycles. The Morgan fingerprint density at radius 3 is 2.84 bits per heavy atom. The summed E-state index contributed by atoms with van der Waals surface area (Å²) in [5.74, 6) is 5.36. The lowest BCUT2D eigenvalue weighted by Gasteiger charge is -2.18. The highest BCUT2D eigenvalue weighted by Gasteiger charge is 2.16. The summed E-state index contributed by atoms with van der Waals surface area (Å²) in [6, 6.07) is 8.73. The molecule has 19 heavy (non-hydrogen) atoms. The van der Waals surface area contributed by atoms with E-state index in [9.17, 15) is 4.39 Å². The highest BCUT2D eigenvalue weighted by molar-refractivity contribution is 9.10. The molecule has 0 amide bonds. The molecule has 1 unspecified atom stereocenters. The lowest BCUT2D eigenvalue weighted by atomic mass is 9.98. The third-order valence-electron chi connectivity index (χ3n) is 3.08. The van der Waals surface area contributed by atoms with E-state index in [0.717, 1.165) is 16.8 Å². The van der Waals surface area contributed by atoms with E-state index in [1.54, 1.807) is 12.3 Å². The number of pyridine rings is 1. The molecule has 1 aromatic carbocycles. The Kier molecular flexibility index (Phi) is 4.63. The summed E-state index contributed by atoms with van der Waals surface area (Å²) in [5, 5.41) is 0. The van der Waals surface area contributed by atoms with Gasteiger partial charge in [-0.15, -0.1) is 0 Å². The molecular formula is C14H15BrFN3. The van der Waals surface area contributed by atoms with E-state index in [0.29, 0.717) is 10.9 Å². The normalized spacial score (nSPS) is 12.4. The largest absolute Gasteiger partial charge is 0.271 e. The number of halogens is 2. The minimum absolute atomic E-state index is 0.105. The molecule has 1 aromatic heterocycles. The third kappa shape index (κ3) is 3.18. The molecule has 3 N–H and O–H groups in total. The smallest absolute Gasteiger partial charge is 0.137 e. The van der Waals surface area contributed by atoms with E-state index in [1.165, 1.54) is 6.07 Å². The molecular weight excluding hydrogens is 309 g/mol. The van der Waals surface area contributed by atoms with Gasteiger partial charge in [-0.3, -0.25) is 16.3 Å². The molecule has 2 rings (SSSR count). The molecule has 0 aliphatic rings. The number of hydrazine groups is 1. The Morgan fingerprint density at radius 2 is 2.16 bits per heavy atom. The maximum Gasteiger partial charge on any atom is 0.137 e. The summed E-state index contributed by atoms with van der Waals surface area (Å²) in [6.07, 6.45) is 2.33. The van der Waals surface area contributed by atoms with Crippen molar-refractivity contribution in [2.24, 2.45) is 5.84 Å². The molecule has 0 bridgehead atoms. The van der Waals surface area contributed by atoms with E-state index in [1.807, 2.05) is 25.1 Å². The Bertz CT molecular complexity index is 574. The van der Waals surface area contributed by atoms with Gasteiger partial charge in [-0.25, -0.2) is 4.39 Å². The molecule has 3 nitrogen and oxygen atoms in total. The van der Waals surface area contributed by atoms with E-state index >= 15 is 0 Å². The van der Waals surface area contributed by atoms with Gasteiger partial charge in [-0.1, -0.05) is 18.2 Å². The fourth-order valence-electron chi connectivity index (χ4n) is 2.05. The summed E-state index contributed by atoms with van der Waals surface area (Å²) < 4.78 is 14.0. The van der Waals surface area contributed by atoms with Gasteiger partial charge in [-0.05, 0) is 52.5 Å². The maximum absolute atomic E-state index is 13.5. The summed E-state index contributed by atoms with van der Waals surface area (Å²) in [7, 11) is 0. The van der Waals surface area contributed by atoms with E-state index in [4.69, 9.17) is 5.84 Å². The fourth-order valence-corrected chi connectivity index (χ4v) is 2.48. The number of benzene rings is 1. The molecule has 2 aromatic rings. The van der Waals surface area contributed by atoms with Gasteiger partial charge < -0.3 is 0 Å². The predicted molar refractivity (Wildman–Crippen MR) is 76.8 cm³/mol. The minimum Gasteiger partial charge on any atom is -0.271 e. The van der Waals surface area contributed by atoms with E-state index < -0.39 is 0 Å². The molecule has 0 spiro atoms. The summed E-state index contributed by atoms with van der Waals surface area (Å²) >= 11 is 3.27. The third-order valence-corrected chi connectivity index (χ3v) is 3.97. The zero-order valence-corrected chi connectivity index (χ0v) is 12.1. The van der Waals surface area contributed by atoms with Gasteiger partial charge in [0.15, 0.2) is 0 Å². The highest BCUT2D eigenvalue weighted by Crippen LogP contribution is 2.26. The number of rotatable bonds is 4. The lowest BCUT2D eigenvalue weighted by molar-refractivity contribution is 0.542. The van der Waals surface area contributed by atoms with Gasteiger partial charge in [0, 0.05) is 11.9 Å². The van der Waals surface area contributed by atoms with Crippen molar-refractivity contribution < 1.29 is 4.39 Å². The van der Waals surface area contributed by atoms with Gasteiger partial charge in [0.25, 0.3) is 0 Å². The molecule has 0 saturated heterocycles. The van der Waals surface area contributed by atoms with Crippen LogP contribution in [0.25, 0.3) is 0 Å². The second kappa shape index (κ2) is 6.23. The first kappa shape index (κ1) is 14.1. The number of aromatic nitrogens is 1. The molecule has 1 heterocycles. The Labute approximate surface area is 120 Å². The highest BCUT2D eigenvalue weighted by atomic mass is 79.9. The minimum atomic E-state index is -0.267. The zero-order valence-electron chi connectivity index (χ0n) is 10.5. The molecule has 5 heteroatoms. The second-order valence-electron chi connectivity index (χ2n) is 4.31. The van der Waals surface area contributed by atoms with Gasteiger partial charge in [0.2, 0.25) is 0 Å². The predicted octanol–water partition coefficient (Wildman–Crippen LogP) is 3.04. The topological polar surface area (TPSA) is 50.9 Å². The summed E-state index contributed by atoms with van der Waals surface area (Å²) in [4.78, 5) is 4.25. The van der Waals surface area contributed by atoms with Crippen LogP contribution in [0.5, 0.6) is 0 Å². The van der Waals surface area contributed by atoms with Crippen molar-refractivity contribution in [1.29, 1.82) is 0 Å². The van der Waals surface area contributed by atoms with Crippen LogP contribution in [0.15, 0.2) is 41.0 Å². The van der Waals surface area contributed by atoms with Crippen molar-refractivity contribution in [1.82, 2.24) is 10.4 Å². The summed E-state index contributed by atoms with van der Waals surface area (Å²) in [6.45, 7) is 1.93. The molecule has 0 fully saturated rings. The number of aryl methyl sites for hydroxylation is 1. The van der Waals surface area contributed by atoms with Crippen molar-refractivity contribution in [3.63, 3.8) is 0 Å². The van der Waals surface area contributed by atoms with Crippen LogP contribution in [0.1, 0.15) is 22.9 Å². The first-order valence-corrected chi connectivity index (χ1v) is 6.73. The van der Waals surface area contributed by atoms with Crippen LogP contribution < -0.4 is 11.3 Å². The van der Waals surface area contributed by atoms with Gasteiger partial charge in [0.05, 0.1) is 10.5 Å². The molecule has 100 valence electrons. The van der Waals surface area contributed by atoms with Gasteiger partial charge >= 0.3 is 0 Å². The van der Waals surface area contributed by atoms with Crippen LogP contribution in [-0.2, 0) is 6.42 Å². The van der Waals surface area contributed by atoms with Crippen molar-refractivity contribution >= 4 is 15.9 Å². The molecule has 0 radical (unpaired) electrons. The fraction of sp³-hybridized carbons (Fsp3) is 0.214. The number of nitrogens with one attached hydrogen (secondary N) is 1. The Hall–Kier alpha value is -1.30. The van der Waals surface area contributed by atoms with Crippen LogP contribution in [0.2, 0.25) is 0 Å². The Balaban J connectivity index is 2.30. The molecule has 0 saturated carbocycles. The van der Waals surface area contributed by atoms with Crippen molar-refractivity contribution in [3.8, 4) is 0 Å². The maximum atomic E-state index is 13.5. The summed E-state index contributed by atoms with van der Waals surface area (Å²) in [5.41, 5.74) is 5.57. The quantitative estimate of drug-likeness (QED) is 0.671. The van der Waals surface area contributed by atoms with Crippen LogP contribution in [-0.4, -0.2) is 4.98 Å². The first-order chi connectivity index (χ1) is 9.13. The first-order valence-electron chi connectivity index (χ1n) is 5.94. The van der Waals surface area contributed by atoms with E-state index in [2.05, 4.69) is 26.3 Å². The number of hydrogen-bond donors (Lipinski definition) is 2. The average molecular weight is 324 g/mol. The lowest BCUT2D eigenvalue weighted by Crippen LogP contribution is -2.30. The monoisotopic (exact) mass is 323 g/mol. The van der Waals surface area contributed by atoms with Crippen molar-refractivity contribution in [2.45, 2.75) is 19.4 Å². The number of nitrogens with two attached hydrogens (primary N) is 1. The molecule has 0 aliphatic carbocycles. The van der Waals surface area contributed by atoms with Gasteiger partial charge in [-0.2, -0.15) is 0 Å². The molecule has 1 atom stereocenters. The Morgan fingerprint density at radius 1 is 1.37 bits per heavy atom. The van der Waals surface area contributed by atoms with Crippen LogP contribution >= 0.6 is 15.9 Å². The average Bonchev–Trinajstić information content (AvgIpc) is 2.41. The second-order valence-corrected chi connectivity index (χ2v) is 5.11. The van der Waals surface area contributed by atoms with Gasteiger partial charge in [0.1, 0.15) is 5.82 Å². The number of nitrogens with zero attached hydrogens (tertiary/aromatic N) is 1. The zero-order chi connectivity index (χ0) is 13.8. The van der Waals surface area contributed by atoms with E-state index in [-0.39, 0.29) is 11.9 Å². The van der Waals surface area contributed by atoms with Crippen LogP contribution in [0.3, 0.4) is 0 Å². The standard InChI is InChI=1S/C14H15BrFN3/c1-9-11(5-3-7-18-9)13(19-17)8-10-4-2-6-12(16)14(10)15/h2-7,13,19H,8,17H2,1H3. The van der Waals surface area contributed by atoms with Crippen molar-refractivity contribution in [2.75, 3.05) is 0 Å². The number of hydrogen-bond acceptors (Lipinski definition) is 3. The SMILES string of the molecule is Cc1ncccc1C(Cc1cccc(F)c1Br)NN. The van der Waals surface area contributed by atoms with Crippen LogP contribution in [0.4, 0.5) is 4.39 Å². The van der Waals surface area contributed by atoms with Crippen LogP contribution in [0, 0.1) is 12.7 Å². The van der Waals surface area contributed by atoms with Crippen molar-refractivity contribution in [3.05, 3.63) is 63.6 Å².